The highest BCUT2D eigenvalue weighted by Gasteiger charge is 2.14. The third-order valence-corrected chi connectivity index (χ3v) is 3.19. The molecular weight excluding hydrogens is 222 g/mol. The zero-order chi connectivity index (χ0) is 11.5. The van der Waals surface area contributed by atoms with Gasteiger partial charge in [0.05, 0.1) is 0 Å². The summed E-state index contributed by atoms with van der Waals surface area (Å²) < 4.78 is 0. The van der Waals surface area contributed by atoms with Crippen LogP contribution in [0.2, 0.25) is 0 Å². The average Bonchev–Trinajstić information content (AvgIpc) is 2.71. The molecule has 1 amide bonds. The van der Waals surface area contributed by atoms with E-state index in [1.165, 1.54) is 11.3 Å². The number of hydrogen-bond donors (Lipinski definition) is 1. The minimum Gasteiger partial charge on any atom is -0.354 e. The van der Waals surface area contributed by atoms with Crippen LogP contribution in [0.1, 0.15) is 15.4 Å². The summed E-state index contributed by atoms with van der Waals surface area (Å²) in [5.74, 6) is -0.144. The van der Waals surface area contributed by atoms with Gasteiger partial charge in [0, 0.05) is 29.9 Å². The van der Waals surface area contributed by atoms with Crippen LogP contribution < -0.4 is 5.32 Å². The van der Waals surface area contributed by atoms with Gasteiger partial charge in [-0.25, -0.2) is 4.98 Å². The molecule has 0 saturated carbocycles. The summed E-state index contributed by atoms with van der Waals surface area (Å²) in [5, 5.41) is 3.43. The number of nitrogens with one attached hydrogen (secondary N) is 1. The van der Waals surface area contributed by atoms with Crippen LogP contribution in [0.5, 0.6) is 0 Å². The Kier molecular flexibility index (Phi) is 2.96. The second kappa shape index (κ2) is 4.40. The molecule has 2 aromatic heterocycles. The van der Waals surface area contributed by atoms with Crippen LogP contribution in [0, 0.1) is 6.92 Å². The van der Waals surface area contributed by atoms with Gasteiger partial charge in [0.1, 0.15) is 10.7 Å². The molecular formula is C11H11N3OS. The molecule has 1 N–H and O–H groups in total. The highest BCUT2D eigenvalue weighted by molar-refractivity contribution is 7.15. The second-order valence-electron chi connectivity index (χ2n) is 3.24. The van der Waals surface area contributed by atoms with Crippen molar-refractivity contribution in [3.05, 3.63) is 35.1 Å². The van der Waals surface area contributed by atoms with Crippen LogP contribution in [0.4, 0.5) is 0 Å². The molecule has 0 unspecified atom stereocenters. The Morgan fingerprint density at radius 1 is 1.38 bits per heavy atom. The Morgan fingerprint density at radius 3 is 2.69 bits per heavy atom. The van der Waals surface area contributed by atoms with E-state index in [9.17, 15) is 4.79 Å². The maximum Gasteiger partial charge on any atom is 0.270 e. The number of pyridine rings is 1. The molecule has 82 valence electrons. The number of nitrogens with zero attached hydrogens (tertiary/aromatic N) is 2. The maximum absolute atomic E-state index is 11.5. The Bertz CT molecular complexity index is 507. The van der Waals surface area contributed by atoms with Crippen molar-refractivity contribution in [2.75, 3.05) is 7.05 Å². The molecule has 16 heavy (non-hydrogen) atoms. The van der Waals surface area contributed by atoms with Crippen molar-refractivity contribution in [2.24, 2.45) is 0 Å². The molecule has 0 aliphatic heterocycles. The number of amides is 1. The van der Waals surface area contributed by atoms with Crippen molar-refractivity contribution in [3.63, 3.8) is 0 Å². The molecule has 2 aromatic rings. The minimum atomic E-state index is -0.144. The first-order valence-corrected chi connectivity index (χ1v) is 5.64. The number of carbonyl (C=O) groups excluding carboxylic acids is 1. The van der Waals surface area contributed by atoms with Gasteiger partial charge in [-0.1, -0.05) is 0 Å². The van der Waals surface area contributed by atoms with E-state index in [2.05, 4.69) is 15.3 Å². The fourth-order valence-electron chi connectivity index (χ4n) is 1.34. The lowest BCUT2D eigenvalue weighted by molar-refractivity contribution is 0.0958. The van der Waals surface area contributed by atoms with Crippen LogP contribution in [0.3, 0.4) is 0 Å². The average molecular weight is 233 g/mol. The quantitative estimate of drug-likeness (QED) is 0.861. The molecule has 0 atom stereocenters. The number of aryl methyl sites for hydroxylation is 1. The minimum absolute atomic E-state index is 0.144. The Hall–Kier alpha value is -1.75. The van der Waals surface area contributed by atoms with E-state index in [1.807, 2.05) is 19.1 Å². The first-order chi connectivity index (χ1) is 7.72. The van der Waals surface area contributed by atoms with Crippen LogP contribution in [-0.2, 0) is 0 Å². The summed E-state index contributed by atoms with van der Waals surface area (Å²) in [4.78, 5) is 20.7. The SMILES string of the molecule is CNC(=O)c1nc(-c2ccncc2)sc1C. The summed E-state index contributed by atoms with van der Waals surface area (Å²) in [6.07, 6.45) is 3.43. The van der Waals surface area contributed by atoms with Crippen molar-refractivity contribution < 1.29 is 4.79 Å². The Labute approximate surface area is 97.4 Å². The summed E-state index contributed by atoms with van der Waals surface area (Å²) in [5.41, 5.74) is 1.48. The third-order valence-electron chi connectivity index (χ3n) is 2.17. The molecule has 0 aromatic carbocycles. The van der Waals surface area contributed by atoms with E-state index in [-0.39, 0.29) is 5.91 Å². The van der Waals surface area contributed by atoms with Crippen molar-refractivity contribution in [3.8, 4) is 10.6 Å². The Morgan fingerprint density at radius 2 is 2.06 bits per heavy atom. The van der Waals surface area contributed by atoms with E-state index < -0.39 is 0 Å². The molecule has 2 rings (SSSR count). The lowest BCUT2D eigenvalue weighted by Crippen LogP contribution is -2.18. The fourth-order valence-corrected chi connectivity index (χ4v) is 2.26. The van der Waals surface area contributed by atoms with Gasteiger partial charge in [-0.3, -0.25) is 9.78 Å². The van der Waals surface area contributed by atoms with Gasteiger partial charge in [0.2, 0.25) is 0 Å². The third kappa shape index (κ3) is 1.94. The first-order valence-electron chi connectivity index (χ1n) is 4.82. The van der Waals surface area contributed by atoms with E-state index in [0.717, 1.165) is 15.4 Å². The summed E-state index contributed by atoms with van der Waals surface area (Å²) >= 11 is 1.51. The number of carbonyl (C=O) groups is 1. The van der Waals surface area contributed by atoms with E-state index in [0.29, 0.717) is 5.69 Å². The molecule has 5 heteroatoms. The summed E-state index contributed by atoms with van der Waals surface area (Å²) in [6, 6.07) is 3.76. The lowest BCUT2D eigenvalue weighted by Gasteiger charge is -1.94. The number of rotatable bonds is 2. The van der Waals surface area contributed by atoms with Gasteiger partial charge in [-0.2, -0.15) is 0 Å². The summed E-state index contributed by atoms with van der Waals surface area (Å²) in [6.45, 7) is 1.90. The van der Waals surface area contributed by atoms with Gasteiger partial charge >= 0.3 is 0 Å². The van der Waals surface area contributed by atoms with Crippen LogP contribution in [0.25, 0.3) is 10.6 Å². The molecule has 0 aliphatic carbocycles. The van der Waals surface area contributed by atoms with Gasteiger partial charge in [-0.05, 0) is 19.1 Å². The highest BCUT2D eigenvalue weighted by atomic mass is 32.1. The molecule has 0 radical (unpaired) electrons. The Balaban J connectivity index is 2.42. The topological polar surface area (TPSA) is 54.9 Å². The smallest absolute Gasteiger partial charge is 0.270 e. The van der Waals surface area contributed by atoms with Gasteiger partial charge < -0.3 is 5.32 Å². The summed E-state index contributed by atoms with van der Waals surface area (Å²) in [7, 11) is 1.60. The number of thiazole rings is 1. The molecule has 0 bridgehead atoms. The predicted molar refractivity (Wildman–Crippen MR) is 63.5 cm³/mol. The normalized spacial score (nSPS) is 10.1. The van der Waals surface area contributed by atoms with Crippen LogP contribution >= 0.6 is 11.3 Å². The molecule has 0 spiro atoms. The van der Waals surface area contributed by atoms with E-state index >= 15 is 0 Å². The molecule has 4 nitrogen and oxygen atoms in total. The maximum atomic E-state index is 11.5. The van der Waals surface area contributed by atoms with Gasteiger partial charge in [0.15, 0.2) is 0 Å². The van der Waals surface area contributed by atoms with Crippen molar-refractivity contribution in [1.29, 1.82) is 0 Å². The lowest BCUT2D eigenvalue weighted by atomic mass is 10.3. The van der Waals surface area contributed by atoms with Crippen molar-refractivity contribution >= 4 is 17.2 Å². The first kappa shape index (κ1) is 10.8. The molecule has 0 aliphatic rings. The molecule has 0 fully saturated rings. The zero-order valence-corrected chi connectivity index (χ0v) is 9.84. The number of aromatic nitrogens is 2. The molecule has 2 heterocycles. The highest BCUT2D eigenvalue weighted by Crippen LogP contribution is 2.26. The van der Waals surface area contributed by atoms with Gasteiger partial charge in [-0.15, -0.1) is 11.3 Å². The second-order valence-corrected chi connectivity index (χ2v) is 4.44. The predicted octanol–water partition coefficient (Wildman–Crippen LogP) is 1.87. The van der Waals surface area contributed by atoms with E-state index in [4.69, 9.17) is 0 Å². The monoisotopic (exact) mass is 233 g/mol. The molecule has 0 saturated heterocycles. The van der Waals surface area contributed by atoms with E-state index in [1.54, 1.807) is 19.4 Å². The number of hydrogen-bond acceptors (Lipinski definition) is 4. The van der Waals surface area contributed by atoms with Crippen molar-refractivity contribution in [2.45, 2.75) is 6.92 Å². The van der Waals surface area contributed by atoms with Crippen molar-refractivity contribution in [1.82, 2.24) is 15.3 Å². The zero-order valence-electron chi connectivity index (χ0n) is 9.02. The van der Waals surface area contributed by atoms with Gasteiger partial charge in [0.25, 0.3) is 5.91 Å². The van der Waals surface area contributed by atoms with Crippen LogP contribution in [0.15, 0.2) is 24.5 Å². The van der Waals surface area contributed by atoms with Crippen LogP contribution in [-0.4, -0.2) is 22.9 Å². The standard InChI is InChI=1S/C11H11N3OS/c1-7-9(10(15)12-2)14-11(16-7)8-3-5-13-6-4-8/h3-6H,1-2H3,(H,12,15). The fraction of sp³-hybridized carbons (Fsp3) is 0.182. The largest absolute Gasteiger partial charge is 0.354 e.